The Balaban J connectivity index is 2.69. The molecule has 0 spiro atoms. The van der Waals surface area contributed by atoms with E-state index >= 15 is 0 Å². The van der Waals surface area contributed by atoms with Gasteiger partial charge >= 0.3 is 12.1 Å². The molecule has 156 valence electrons. The fourth-order valence-corrected chi connectivity index (χ4v) is 3.03. The quantitative estimate of drug-likeness (QED) is 0.464. The Morgan fingerprint density at radius 1 is 1.00 bits per heavy atom. The van der Waals surface area contributed by atoms with E-state index in [2.05, 4.69) is 19.6 Å². The minimum absolute atomic E-state index is 0.118. The Labute approximate surface area is 168 Å². The van der Waals surface area contributed by atoms with Gasteiger partial charge in [0.25, 0.3) is 0 Å². The van der Waals surface area contributed by atoms with Gasteiger partial charge in [-0.05, 0) is 11.6 Å². The van der Waals surface area contributed by atoms with Gasteiger partial charge in [-0.3, -0.25) is 14.5 Å². The van der Waals surface area contributed by atoms with Gasteiger partial charge in [-0.2, -0.15) is 0 Å². The van der Waals surface area contributed by atoms with Crippen molar-refractivity contribution < 1.29 is 23.9 Å². The molecule has 2 amide bonds. The molecule has 0 aliphatic carbocycles. The van der Waals surface area contributed by atoms with Crippen molar-refractivity contribution in [1.82, 2.24) is 9.80 Å². The van der Waals surface area contributed by atoms with Crippen LogP contribution in [0, 0.1) is 0 Å². The molecule has 0 saturated heterocycles. The van der Waals surface area contributed by atoms with E-state index < -0.39 is 26.2 Å². The zero-order valence-corrected chi connectivity index (χ0v) is 18.7. The second kappa shape index (κ2) is 10.8. The predicted octanol–water partition coefficient (Wildman–Crippen LogP) is 2.98. The molecule has 28 heavy (non-hydrogen) atoms. The minimum atomic E-state index is -1.34. The van der Waals surface area contributed by atoms with Crippen molar-refractivity contribution in [1.29, 1.82) is 0 Å². The molecule has 0 fully saturated rings. The number of likely N-dealkylation sites (N-methyl/N-ethyl adjacent to an activating group) is 2. The third kappa shape index (κ3) is 8.56. The lowest BCUT2D eigenvalue weighted by Crippen LogP contribution is -2.48. The maximum atomic E-state index is 12.5. The van der Waals surface area contributed by atoms with Crippen LogP contribution in [0.15, 0.2) is 30.3 Å². The summed E-state index contributed by atoms with van der Waals surface area (Å²) in [6, 6.07) is 9.13. The highest BCUT2D eigenvalue weighted by Gasteiger charge is 2.32. The van der Waals surface area contributed by atoms with Crippen molar-refractivity contribution in [3.05, 3.63) is 35.9 Å². The average Bonchev–Trinajstić information content (AvgIpc) is 2.63. The molecular formula is C20H32N2O5Si. The van der Waals surface area contributed by atoms with Crippen LogP contribution in [0.3, 0.4) is 0 Å². The van der Waals surface area contributed by atoms with Crippen LogP contribution in [0.5, 0.6) is 0 Å². The van der Waals surface area contributed by atoms with Gasteiger partial charge in [0.2, 0.25) is 5.91 Å². The van der Waals surface area contributed by atoms with E-state index in [4.69, 9.17) is 9.47 Å². The number of nitrogens with zero attached hydrogens (tertiary/aromatic N) is 2. The molecule has 1 unspecified atom stereocenters. The molecule has 0 N–H and O–H groups in total. The molecule has 1 rings (SSSR count). The first-order valence-corrected chi connectivity index (χ1v) is 13.0. The molecule has 0 radical (unpaired) electrons. The molecule has 0 aliphatic heterocycles. The van der Waals surface area contributed by atoms with Crippen LogP contribution < -0.4 is 0 Å². The maximum absolute atomic E-state index is 12.5. The van der Waals surface area contributed by atoms with Gasteiger partial charge in [0.1, 0.15) is 12.6 Å². The summed E-state index contributed by atoms with van der Waals surface area (Å²) in [6.07, 6.45) is -0.849. The molecule has 0 aromatic heterocycles. The van der Waals surface area contributed by atoms with Crippen molar-refractivity contribution in [2.45, 2.75) is 44.8 Å². The molecule has 1 atom stereocenters. The number of amides is 2. The lowest BCUT2D eigenvalue weighted by Gasteiger charge is -2.28. The molecule has 1 aromatic rings. The van der Waals surface area contributed by atoms with Gasteiger partial charge in [0.05, 0.1) is 13.0 Å². The van der Waals surface area contributed by atoms with E-state index in [9.17, 15) is 14.4 Å². The average molecular weight is 409 g/mol. The second-order valence-corrected chi connectivity index (χ2v) is 13.8. The van der Waals surface area contributed by atoms with Gasteiger partial charge in [-0.25, -0.2) is 4.79 Å². The molecule has 7 nitrogen and oxygen atoms in total. The van der Waals surface area contributed by atoms with E-state index in [1.165, 1.54) is 16.8 Å². The van der Waals surface area contributed by atoms with E-state index in [1.54, 1.807) is 14.1 Å². The molecule has 0 bridgehead atoms. The number of hydrogen-bond donors (Lipinski definition) is 0. The SMILES string of the molecule is CN(C)C(=O)C(CC(=O)OCc1ccccc1)N(C)C(=O)OCC[Si](C)(C)C. The Hall–Kier alpha value is -2.35. The summed E-state index contributed by atoms with van der Waals surface area (Å²) in [4.78, 5) is 39.6. The van der Waals surface area contributed by atoms with Crippen molar-refractivity contribution in [2.24, 2.45) is 0 Å². The van der Waals surface area contributed by atoms with Crippen LogP contribution in [0.1, 0.15) is 12.0 Å². The number of carbonyl (C=O) groups excluding carboxylic acids is 3. The van der Waals surface area contributed by atoms with Crippen molar-refractivity contribution >= 4 is 26.0 Å². The van der Waals surface area contributed by atoms with Gasteiger partial charge in [0.15, 0.2) is 0 Å². The van der Waals surface area contributed by atoms with E-state index in [-0.39, 0.29) is 18.9 Å². The third-order valence-electron chi connectivity index (χ3n) is 4.16. The Bertz CT molecular complexity index is 658. The molecule has 1 aromatic carbocycles. The first-order chi connectivity index (χ1) is 13.0. The fraction of sp³-hybridized carbons (Fsp3) is 0.550. The standard InChI is InChI=1S/C20H32N2O5Si/c1-21(2)19(24)17(22(3)20(25)26-12-13-28(4,5)6)14-18(23)27-15-16-10-8-7-9-11-16/h7-11,17H,12-15H2,1-6H3. The lowest BCUT2D eigenvalue weighted by atomic mass is 10.1. The number of carbonyl (C=O) groups is 3. The summed E-state index contributed by atoms with van der Waals surface area (Å²) in [5, 5.41) is 0. The molecule has 0 aliphatic rings. The largest absolute Gasteiger partial charge is 0.461 e. The zero-order valence-electron chi connectivity index (χ0n) is 17.7. The fourth-order valence-electron chi connectivity index (χ4n) is 2.32. The van der Waals surface area contributed by atoms with Gasteiger partial charge < -0.3 is 14.4 Å². The topological polar surface area (TPSA) is 76.2 Å². The monoisotopic (exact) mass is 408 g/mol. The number of hydrogen-bond acceptors (Lipinski definition) is 5. The van der Waals surface area contributed by atoms with Crippen LogP contribution in [0.2, 0.25) is 25.7 Å². The van der Waals surface area contributed by atoms with Crippen LogP contribution >= 0.6 is 0 Å². The highest BCUT2D eigenvalue weighted by molar-refractivity contribution is 6.76. The summed E-state index contributed by atoms with van der Waals surface area (Å²) >= 11 is 0. The summed E-state index contributed by atoms with van der Waals surface area (Å²) < 4.78 is 10.6. The normalized spacial score (nSPS) is 12.1. The van der Waals surface area contributed by atoms with Crippen LogP contribution in [-0.2, 0) is 25.7 Å². The lowest BCUT2D eigenvalue weighted by molar-refractivity contribution is -0.149. The first-order valence-electron chi connectivity index (χ1n) is 9.31. The van der Waals surface area contributed by atoms with E-state index in [1.807, 2.05) is 30.3 Å². The third-order valence-corrected chi connectivity index (χ3v) is 5.87. The van der Waals surface area contributed by atoms with Crippen molar-refractivity contribution in [3.63, 3.8) is 0 Å². The molecule has 8 heteroatoms. The first kappa shape index (κ1) is 23.7. The maximum Gasteiger partial charge on any atom is 0.410 e. The smallest absolute Gasteiger partial charge is 0.410 e. The van der Waals surface area contributed by atoms with Crippen molar-refractivity contribution in [2.75, 3.05) is 27.7 Å². The zero-order chi connectivity index (χ0) is 21.3. The highest BCUT2D eigenvalue weighted by atomic mass is 28.3. The Kier molecular flexibility index (Phi) is 9.17. The van der Waals surface area contributed by atoms with E-state index in [0.717, 1.165) is 11.6 Å². The van der Waals surface area contributed by atoms with Gasteiger partial charge in [0, 0.05) is 29.2 Å². The molecule has 0 heterocycles. The Morgan fingerprint density at radius 2 is 1.61 bits per heavy atom. The van der Waals surface area contributed by atoms with Gasteiger partial charge in [-0.15, -0.1) is 0 Å². The summed E-state index contributed by atoms with van der Waals surface area (Å²) in [5.41, 5.74) is 0.852. The molecular weight excluding hydrogens is 376 g/mol. The summed E-state index contributed by atoms with van der Waals surface area (Å²) in [7, 11) is 3.28. The number of esters is 1. The second-order valence-electron chi connectivity index (χ2n) is 8.13. The summed E-state index contributed by atoms with van der Waals surface area (Å²) in [6.45, 7) is 6.98. The predicted molar refractivity (Wildman–Crippen MR) is 111 cm³/mol. The van der Waals surface area contributed by atoms with Gasteiger partial charge in [-0.1, -0.05) is 50.0 Å². The highest BCUT2D eigenvalue weighted by Crippen LogP contribution is 2.12. The van der Waals surface area contributed by atoms with Crippen LogP contribution in [0.25, 0.3) is 0 Å². The number of ether oxygens (including phenoxy) is 2. The number of rotatable bonds is 9. The van der Waals surface area contributed by atoms with Crippen LogP contribution in [-0.4, -0.2) is 69.6 Å². The number of benzene rings is 1. The van der Waals surface area contributed by atoms with Crippen LogP contribution in [0.4, 0.5) is 4.79 Å². The Morgan fingerprint density at radius 3 is 2.14 bits per heavy atom. The van der Waals surface area contributed by atoms with E-state index in [0.29, 0.717) is 6.61 Å². The molecule has 0 saturated carbocycles. The van der Waals surface area contributed by atoms with Crippen molar-refractivity contribution in [3.8, 4) is 0 Å². The minimum Gasteiger partial charge on any atom is -0.461 e. The summed E-state index contributed by atoms with van der Waals surface area (Å²) in [5.74, 6) is -0.910.